The largest absolute Gasteiger partial charge is 0.534 e. The van der Waals surface area contributed by atoms with Gasteiger partial charge in [-0.05, 0) is 37.1 Å². The number of nitriles is 1. The van der Waals surface area contributed by atoms with Crippen LogP contribution in [0.15, 0.2) is 12.1 Å². The maximum Gasteiger partial charge on any atom is 0.534 e. The number of nitrogens with zero attached hydrogens (tertiary/aromatic N) is 1. The van der Waals surface area contributed by atoms with Crippen LogP contribution in [-0.4, -0.2) is 13.9 Å². The zero-order valence-corrected chi connectivity index (χ0v) is 10.2. The van der Waals surface area contributed by atoms with Crippen molar-refractivity contribution in [2.75, 3.05) is 0 Å². The highest BCUT2D eigenvalue weighted by Gasteiger charge is 2.48. The lowest BCUT2D eigenvalue weighted by Crippen LogP contribution is -2.28. The quantitative estimate of drug-likeness (QED) is 0.616. The van der Waals surface area contributed by atoms with E-state index in [1.165, 1.54) is 26.0 Å². The third-order valence-electron chi connectivity index (χ3n) is 2.07. The maximum absolute atomic E-state index is 12.2. The fraction of sp³-hybridized carbons (Fsp3) is 0.300. The zero-order chi connectivity index (χ0) is 14.1. The van der Waals surface area contributed by atoms with Gasteiger partial charge in [0.2, 0.25) is 0 Å². The minimum atomic E-state index is -5.70. The summed E-state index contributed by atoms with van der Waals surface area (Å²) in [5.74, 6) is -0.411. The summed E-state index contributed by atoms with van der Waals surface area (Å²) in [7, 11) is -5.70. The lowest BCUT2D eigenvalue weighted by atomic mass is 10.1. The highest BCUT2D eigenvalue weighted by Crippen LogP contribution is 2.31. The summed E-state index contributed by atoms with van der Waals surface area (Å²) in [5.41, 5.74) is -5.00. The fourth-order valence-electron chi connectivity index (χ4n) is 1.30. The number of rotatable bonds is 2. The Morgan fingerprint density at radius 1 is 1.22 bits per heavy atom. The average Bonchev–Trinajstić information content (AvgIpc) is 2.21. The number of alkyl halides is 3. The molecule has 8 heteroatoms. The minimum absolute atomic E-state index is 0.138. The van der Waals surface area contributed by atoms with Crippen LogP contribution in [0.3, 0.4) is 0 Å². The van der Waals surface area contributed by atoms with Crippen molar-refractivity contribution in [2.45, 2.75) is 19.4 Å². The molecule has 1 aromatic rings. The summed E-state index contributed by atoms with van der Waals surface area (Å²) >= 11 is 0. The first-order valence-corrected chi connectivity index (χ1v) is 6.01. The highest BCUT2D eigenvalue weighted by molar-refractivity contribution is 7.88. The lowest BCUT2D eigenvalue weighted by Gasteiger charge is -2.13. The second kappa shape index (κ2) is 4.49. The Morgan fingerprint density at radius 3 is 2.00 bits per heavy atom. The molecule has 0 unspecified atom stereocenters. The molecule has 4 nitrogen and oxygen atoms in total. The Balaban J connectivity index is 3.27. The van der Waals surface area contributed by atoms with Crippen molar-refractivity contribution in [3.63, 3.8) is 0 Å². The predicted molar refractivity (Wildman–Crippen MR) is 56.2 cm³/mol. The van der Waals surface area contributed by atoms with Crippen LogP contribution in [0, 0.1) is 25.2 Å². The van der Waals surface area contributed by atoms with Crippen LogP contribution in [-0.2, 0) is 10.1 Å². The van der Waals surface area contributed by atoms with Gasteiger partial charge < -0.3 is 4.18 Å². The first-order valence-electron chi connectivity index (χ1n) is 4.60. The molecule has 0 atom stereocenters. The molecule has 0 aliphatic rings. The van der Waals surface area contributed by atoms with Gasteiger partial charge in [0.15, 0.2) is 0 Å². The van der Waals surface area contributed by atoms with Crippen molar-refractivity contribution >= 4 is 10.1 Å². The van der Waals surface area contributed by atoms with E-state index in [0.29, 0.717) is 0 Å². The monoisotopic (exact) mass is 279 g/mol. The summed E-state index contributed by atoms with van der Waals surface area (Å²) in [5, 5.41) is 8.65. The van der Waals surface area contributed by atoms with E-state index in [1.807, 2.05) is 0 Å². The van der Waals surface area contributed by atoms with Gasteiger partial charge in [0.1, 0.15) is 5.75 Å². The molecule has 0 aliphatic heterocycles. The Labute approximate surface area is 102 Å². The molecule has 0 saturated heterocycles. The van der Waals surface area contributed by atoms with Crippen LogP contribution in [0.1, 0.15) is 16.7 Å². The predicted octanol–water partition coefficient (Wildman–Crippen LogP) is 2.40. The highest BCUT2D eigenvalue weighted by atomic mass is 32.2. The van der Waals surface area contributed by atoms with Gasteiger partial charge in [-0.25, -0.2) is 0 Å². The molecular formula is C10H8F3NO3S. The third-order valence-corrected chi connectivity index (χ3v) is 3.02. The molecule has 98 valence electrons. The van der Waals surface area contributed by atoms with E-state index < -0.39 is 21.4 Å². The molecule has 0 aliphatic carbocycles. The number of hydrogen-bond donors (Lipinski definition) is 0. The van der Waals surface area contributed by atoms with Crippen molar-refractivity contribution in [3.8, 4) is 11.8 Å². The van der Waals surface area contributed by atoms with Crippen LogP contribution in [0.2, 0.25) is 0 Å². The Hall–Kier alpha value is -1.75. The normalized spacial score (nSPS) is 12.0. The topological polar surface area (TPSA) is 67.2 Å². The molecule has 0 radical (unpaired) electrons. The van der Waals surface area contributed by atoms with Gasteiger partial charge in [0.05, 0.1) is 11.6 Å². The van der Waals surface area contributed by atoms with E-state index in [4.69, 9.17) is 5.26 Å². The molecule has 0 amide bonds. The Kier molecular flexibility index (Phi) is 3.57. The third kappa shape index (κ3) is 2.73. The summed E-state index contributed by atoms with van der Waals surface area (Å²) in [6.45, 7) is 2.71. The fourth-order valence-corrected chi connectivity index (χ4v) is 1.88. The van der Waals surface area contributed by atoms with E-state index in [-0.39, 0.29) is 16.7 Å². The number of benzene rings is 1. The van der Waals surface area contributed by atoms with E-state index in [0.717, 1.165) is 0 Å². The molecule has 1 rings (SSSR count). The Bertz CT molecular complexity index is 591. The van der Waals surface area contributed by atoms with Crippen LogP contribution in [0.5, 0.6) is 5.75 Å². The maximum atomic E-state index is 12.2. The molecule has 0 bridgehead atoms. The van der Waals surface area contributed by atoms with Crippen molar-refractivity contribution in [1.29, 1.82) is 5.26 Å². The molecule has 0 saturated carbocycles. The summed E-state index contributed by atoms with van der Waals surface area (Å²) < 4.78 is 62.3. The van der Waals surface area contributed by atoms with Crippen LogP contribution < -0.4 is 4.18 Å². The van der Waals surface area contributed by atoms with E-state index in [9.17, 15) is 21.6 Å². The molecule has 18 heavy (non-hydrogen) atoms. The molecular weight excluding hydrogens is 271 g/mol. The number of halogens is 3. The first kappa shape index (κ1) is 14.3. The smallest absolute Gasteiger partial charge is 0.375 e. The second-order valence-corrected chi connectivity index (χ2v) is 5.07. The molecule has 0 fully saturated rings. The van der Waals surface area contributed by atoms with Crippen molar-refractivity contribution in [2.24, 2.45) is 0 Å². The molecule has 0 N–H and O–H groups in total. The SMILES string of the molecule is Cc1cc(C#N)cc(C)c1OS(=O)(=O)C(F)(F)F. The first-order chi connectivity index (χ1) is 8.08. The Morgan fingerprint density at radius 2 is 1.67 bits per heavy atom. The zero-order valence-electron chi connectivity index (χ0n) is 9.37. The summed E-state index contributed by atoms with van der Waals surface area (Å²) in [6, 6.07) is 4.29. The van der Waals surface area contributed by atoms with Crippen LogP contribution in [0.4, 0.5) is 13.2 Å². The lowest BCUT2D eigenvalue weighted by molar-refractivity contribution is -0.0500. The van der Waals surface area contributed by atoms with Crippen molar-refractivity contribution in [1.82, 2.24) is 0 Å². The van der Waals surface area contributed by atoms with Crippen LogP contribution >= 0.6 is 0 Å². The van der Waals surface area contributed by atoms with Gasteiger partial charge in [0.25, 0.3) is 0 Å². The van der Waals surface area contributed by atoms with Gasteiger partial charge in [0, 0.05) is 0 Å². The van der Waals surface area contributed by atoms with E-state index in [1.54, 1.807) is 6.07 Å². The number of aryl methyl sites for hydroxylation is 2. The second-order valence-electron chi connectivity index (χ2n) is 3.53. The average molecular weight is 279 g/mol. The van der Waals surface area contributed by atoms with E-state index in [2.05, 4.69) is 4.18 Å². The molecule has 1 aromatic carbocycles. The van der Waals surface area contributed by atoms with Gasteiger partial charge >= 0.3 is 15.6 Å². The number of hydrogen-bond acceptors (Lipinski definition) is 4. The summed E-state index contributed by atoms with van der Waals surface area (Å²) in [6.07, 6.45) is 0. The molecule has 0 aromatic heterocycles. The van der Waals surface area contributed by atoms with Crippen LogP contribution in [0.25, 0.3) is 0 Å². The molecule has 0 spiro atoms. The van der Waals surface area contributed by atoms with Crippen molar-refractivity contribution in [3.05, 3.63) is 28.8 Å². The molecule has 0 heterocycles. The van der Waals surface area contributed by atoms with Gasteiger partial charge in [-0.1, -0.05) is 0 Å². The summed E-state index contributed by atoms with van der Waals surface area (Å²) in [4.78, 5) is 0. The van der Waals surface area contributed by atoms with Crippen molar-refractivity contribution < 1.29 is 25.8 Å². The minimum Gasteiger partial charge on any atom is -0.375 e. The standard InChI is InChI=1S/C10H8F3NO3S/c1-6-3-8(5-14)4-7(2)9(6)17-18(15,16)10(11,12)13/h3-4H,1-2H3. The van der Waals surface area contributed by atoms with Gasteiger partial charge in [-0.3, -0.25) is 0 Å². The van der Waals surface area contributed by atoms with E-state index >= 15 is 0 Å². The van der Waals surface area contributed by atoms with Gasteiger partial charge in [-0.2, -0.15) is 26.9 Å². The van der Waals surface area contributed by atoms with Gasteiger partial charge in [-0.15, -0.1) is 0 Å².